The maximum atomic E-state index is 11.7. The number of nitrogen functional groups attached to an aromatic ring is 1. The summed E-state index contributed by atoms with van der Waals surface area (Å²) in [7, 11) is 0. The van der Waals surface area contributed by atoms with E-state index in [4.69, 9.17) is 5.84 Å². The number of thioether (sulfide) groups is 1. The molecular weight excluding hydrogens is 223 g/mol. The molecule has 1 rings (SSSR count). The number of nitrogens with two attached hydrogens (primary N) is 1. The van der Waals surface area contributed by atoms with E-state index in [-0.39, 0.29) is 40.5 Å². The van der Waals surface area contributed by atoms with Crippen LogP contribution in [-0.4, -0.2) is 50.7 Å². The molecule has 0 unspecified atom stereocenters. The first-order valence-corrected chi connectivity index (χ1v) is 5.39. The second-order valence-corrected chi connectivity index (χ2v) is 4.73. The van der Waals surface area contributed by atoms with Crippen molar-refractivity contribution >= 4 is 41.3 Å². The topological polar surface area (TPSA) is 73.8 Å². The van der Waals surface area contributed by atoms with Gasteiger partial charge in [0, 0.05) is 5.41 Å². The van der Waals surface area contributed by atoms with Crippen molar-refractivity contribution in [1.29, 1.82) is 0 Å². The Kier molecular flexibility index (Phi) is 5.32. The third kappa shape index (κ3) is 3.21. The van der Waals surface area contributed by atoms with Crippen LogP contribution in [0, 0.1) is 0 Å². The molecule has 2 N–H and O–H groups in total. The van der Waals surface area contributed by atoms with Crippen LogP contribution in [0.1, 0.15) is 26.5 Å². The van der Waals surface area contributed by atoms with E-state index in [1.807, 2.05) is 20.8 Å². The van der Waals surface area contributed by atoms with Crippen molar-refractivity contribution in [3.05, 3.63) is 16.0 Å². The Balaban J connectivity index is 0.00000196. The molecule has 0 amide bonds. The van der Waals surface area contributed by atoms with Crippen LogP contribution >= 0.6 is 11.8 Å². The summed E-state index contributed by atoms with van der Waals surface area (Å²) in [6, 6.07) is 0. The van der Waals surface area contributed by atoms with E-state index in [9.17, 15) is 4.79 Å². The fourth-order valence-electron chi connectivity index (χ4n) is 0.995. The van der Waals surface area contributed by atoms with Crippen LogP contribution in [0.4, 0.5) is 0 Å². The van der Waals surface area contributed by atoms with Gasteiger partial charge in [0.2, 0.25) is 5.16 Å². The number of hydrogen-bond donors (Lipinski definition) is 1. The van der Waals surface area contributed by atoms with Crippen LogP contribution in [0.25, 0.3) is 0 Å². The molecule has 5 nitrogen and oxygen atoms in total. The fourth-order valence-corrected chi connectivity index (χ4v) is 1.40. The van der Waals surface area contributed by atoms with E-state index >= 15 is 0 Å². The van der Waals surface area contributed by atoms with E-state index in [1.165, 1.54) is 11.8 Å². The molecule has 1 aromatic rings. The Bertz CT molecular complexity index is 399. The molecule has 0 bridgehead atoms. The van der Waals surface area contributed by atoms with Crippen molar-refractivity contribution in [3.8, 4) is 0 Å². The zero-order chi connectivity index (χ0) is 10.9. The number of rotatable bonds is 1. The summed E-state index contributed by atoms with van der Waals surface area (Å²) in [6.07, 6.45) is 1.80. The van der Waals surface area contributed by atoms with Gasteiger partial charge in [-0.15, -0.1) is 10.2 Å². The van der Waals surface area contributed by atoms with Crippen LogP contribution < -0.4 is 11.4 Å². The summed E-state index contributed by atoms with van der Waals surface area (Å²) in [6.45, 7) is 5.70. The van der Waals surface area contributed by atoms with Crippen molar-refractivity contribution in [2.24, 2.45) is 0 Å². The van der Waals surface area contributed by atoms with Gasteiger partial charge in [-0.05, 0) is 6.26 Å². The third-order valence-electron chi connectivity index (χ3n) is 1.76. The molecule has 0 aliphatic heterocycles. The zero-order valence-corrected chi connectivity index (χ0v) is 9.55. The Labute approximate surface area is 115 Å². The third-order valence-corrected chi connectivity index (χ3v) is 2.40. The van der Waals surface area contributed by atoms with Crippen molar-refractivity contribution in [1.82, 2.24) is 14.9 Å². The zero-order valence-electron chi connectivity index (χ0n) is 8.74. The molecule has 0 radical (unpaired) electrons. The summed E-state index contributed by atoms with van der Waals surface area (Å²) >= 11 is 1.29. The molecule has 80 valence electrons. The second-order valence-electron chi connectivity index (χ2n) is 3.96. The number of nitrogens with zero attached hydrogens (tertiary/aromatic N) is 3. The van der Waals surface area contributed by atoms with Gasteiger partial charge in [0.15, 0.2) is 0 Å². The van der Waals surface area contributed by atoms with Gasteiger partial charge in [-0.2, -0.15) is 4.68 Å². The standard InChI is InChI=1S/C8H14N4OS.Na.H/c1-8(2,3)5-6(13)12(9)7(14-4)11-10-5;;/h9H2,1-4H3;;. The van der Waals surface area contributed by atoms with E-state index in [1.54, 1.807) is 6.26 Å². The summed E-state index contributed by atoms with van der Waals surface area (Å²) in [4.78, 5) is 11.7. The van der Waals surface area contributed by atoms with Gasteiger partial charge in [-0.3, -0.25) is 4.79 Å². The summed E-state index contributed by atoms with van der Waals surface area (Å²) in [5.74, 6) is 5.57. The first-order chi connectivity index (χ1) is 6.38. The van der Waals surface area contributed by atoms with E-state index < -0.39 is 0 Å². The molecule has 0 saturated heterocycles. The Morgan fingerprint density at radius 1 is 1.33 bits per heavy atom. The minimum atomic E-state index is -0.331. The first kappa shape index (κ1) is 15.0. The van der Waals surface area contributed by atoms with Gasteiger partial charge in [0.25, 0.3) is 5.56 Å². The van der Waals surface area contributed by atoms with Gasteiger partial charge in [-0.25, -0.2) is 0 Å². The normalized spacial score (nSPS) is 10.9. The minimum absolute atomic E-state index is 0. The van der Waals surface area contributed by atoms with Gasteiger partial charge in [0.1, 0.15) is 5.69 Å². The summed E-state index contributed by atoms with van der Waals surface area (Å²) < 4.78 is 1.04. The van der Waals surface area contributed by atoms with Crippen LogP contribution in [0.15, 0.2) is 9.95 Å². The van der Waals surface area contributed by atoms with Gasteiger partial charge >= 0.3 is 29.6 Å². The van der Waals surface area contributed by atoms with E-state index in [0.29, 0.717) is 10.9 Å². The number of aromatic nitrogens is 3. The first-order valence-electron chi connectivity index (χ1n) is 4.17. The van der Waals surface area contributed by atoms with Crippen LogP contribution in [0.3, 0.4) is 0 Å². The molecule has 15 heavy (non-hydrogen) atoms. The molecule has 7 heteroatoms. The van der Waals surface area contributed by atoms with Crippen molar-refractivity contribution < 1.29 is 0 Å². The van der Waals surface area contributed by atoms with Crippen LogP contribution in [-0.2, 0) is 5.41 Å². The molecule has 0 aromatic carbocycles. The fraction of sp³-hybridized carbons (Fsp3) is 0.625. The van der Waals surface area contributed by atoms with Crippen molar-refractivity contribution in [3.63, 3.8) is 0 Å². The summed E-state index contributed by atoms with van der Waals surface area (Å²) in [5, 5.41) is 8.19. The molecule has 1 heterocycles. The maximum absolute atomic E-state index is 11.7. The van der Waals surface area contributed by atoms with Gasteiger partial charge in [0.05, 0.1) is 0 Å². The SMILES string of the molecule is CSc1nnc(C(C)(C)C)c(=O)n1N.[NaH]. The predicted molar refractivity (Wildman–Crippen MR) is 64.1 cm³/mol. The van der Waals surface area contributed by atoms with Gasteiger partial charge < -0.3 is 5.84 Å². The van der Waals surface area contributed by atoms with Crippen molar-refractivity contribution in [2.45, 2.75) is 31.3 Å². The quantitative estimate of drug-likeness (QED) is 0.414. The molecular formula is C8H15N4NaOS. The van der Waals surface area contributed by atoms with E-state index in [0.717, 1.165) is 4.68 Å². The van der Waals surface area contributed by atoms with Crippen LogP contribution in [0.5, 0.6) is 0 Å². The second kappa shape index (κ2) is 5.34. The van der Waals surface area contributed by atoms with Gasteiger partial charge in [-0.1, -0.05) is 32.5 Å². The van der Waals surface area contributed by atoms with Crippen molar-refractivity contribution in [2.75, 3.05) is 12.1 Å². The molecule has 0 spiro atoms. The Morgan fingerprint density at radius 3 is 2.27 bits per heavy atom. The average molecular weight is 238 g/mol. The predicted octanol–water partition coefficient (Wildman–Crippen LogP) is -0.277. The molecule has 0 saturated carbocycles. The van der Waals surface area contributed by atoms with E-state index in [2.05, 4.69) is 10.2 Å². The average Bonchev–Trinajstić information content (AvgIpc) is 2.07. The molecule has 0 fully saturated rings. The molecule has 0 aliphatic carbocycles. The summed E-state index contributed by atoms with van der Waals surface area (Å²) in [5.41, 5.74) is -0.225. The Hall–Kier alpha value is -0.0400. The Morgan fingerprint density at radius 2 is 1.87 bits per heavy atom. The van der Waals surface area contributed by atoms with Crippen LogP contribution in [0.2, 0.25) is 0 Å². The number of hydrogen-bond acceptors (Lipinski definition) is 5. The monoisotopic (exact) mass is 238 g/mol. The molecule has 0 atom stereocenters. The molecule has 0 aliphatic rings. The molecule has 1 aromatic heterocycles.